The molecule has 1 aliphatic rings. The lowest BCUT2D eigenvalue weighted by Crippen LogP contribution is -2.12. The van der Waals surface area contributed by atoms with E-state index in [0.717, 1.165) is 10.1 Å². The first-order valence-corrected chi connectivity index (χ1v) is 8.04. The summed E-state index contributed by atoms with van der Waals surface area (Å²) in [6.45, 7) is -0.614. The monoisotopic (exact) mass is 337 g/mol. The molecule has 118 valence electrons. The van der Waals surface area contributed by atoms with Gasteiger partial charge in [-0.3, -0.25) is 9.59 Å². The Balaban J connectivity index is 1.85. The quantitative estimate of drug-likeness (QED) is 0.719. The van der Waals surface area contributed by atoms with E-state index in [1.807, 2.05) is 24.3 Å². The summed E-state index contributed by atoms with van der Waals surface area (Å²) in [6, 6.07) is 12.0. The van der Waals surface area contributed by atoms with Gasteiger partial charge in [-0.25, -0.2) is 4.99 Å². The Morgan fingerprint density at radius 3 is 2.75 bits per heavy atom. The molecule has 2 aromatic carbocycles. The molecule has 0 saturated carbocycles. The maximum atomic E-state index is 12.7. The fraction of sp³-hybridized carbons (Fsp3) is 0.0556. The standard InChI is InChI=1S/C18H11NO4S/c20-8-13(21)9-5-6-12-11(7-9)17(22)16(19-12)15-10-3-1-2-4-14(10)24-18(15)23/h1-7,20,23H,8H2. The Labute approximate surface area is 140 Å². The van der Waals surface area contributed by atoms with E-state index in [9.17, 15) is 14.7 Å². The first-order chi connectivity index (χ1) is 11.6. The minimum atomic E-state index is -0.614. The van der Waals surface area contributed by atoms with Crippen LogP contribution in [0.1, 0.15) is 26.3 Å². The van der Waals surface area contributed by atoms with Crippen molar-refractivity contribution >= 4 is 44.4 Å². The van der Waals surface area contributed by atoms with Gasteiger partial charge in [-0.15, -0.1) is 0 Å². The van der Waals surface area contributed by atoms with Crippen molar-refractivity contribution in [1.82, 2.24) is 0 Å². The number of Topliss-reactive ketones (excluding diaryl/α,β-unsaturated/α-hetero) is 2. The second-order valence-electron chi connectivity index (χ2n) is 5.38. The molecule has 0 saturated heterocycles. The number of rotatable bonds is 3. The van der Waals surface area contributed by atoms with Crippen LogP contribution in [0.4, 0.5) is 5.69 Å². The summed E-state index contributed by atoms with van der Waals surface area (Å²) in [6.07, 6.45) is 0. The molecular formula is C18H11NO4S. The molecule has 4 rings (SSSR count). The van der Waals surface area contributed by atoms with Gasteiger partial charge in [-0.2, -0.15) is 0 Å². The first-order valence-electron chi connectivity index (χ1n) is 7.22. The van der Waals surface area contributed by atoms with E-state index in [1.54, 1.807) is 6.07 Å². The van der Waals surface area contributed by atoms with Crippen molar-refractivity contribution in [2.75, 3.05) is 6.61 Å². The van der Waals surface area contributed by atoms with Gasteiger partial charge in [0, 0.05) is 15.6 Å². The molecular weight excluding hydrogens is 326 g/mol. The number of hydrogen-bond acceptors (Lipinski definition) is 6. The van der Waals surface area contributed by atoms with Crippen molar-refractivity contribution in [2.24, 2.45) is 4.99 Å². The highest BCUT2D eigenvalue weighted by atomic mass is 32.1. The van der Waals surface area contributed by atoms with Crippen LogP contribution >= 0.6 is 11.3 Å². The highest BCUT2D eigenvalue weighted by Gasteiger charge is 2.30. The largest absolute Gasteiger partial charge is 0.499 e. The number of nitrogens with zero attached hydrogens (tertiary/aromatic N) is 1. The maximum absolute atomic E-state index is 12.7. The molecule has 0 radical (unpaired) electrons. The number of fused-ring (bicyclic) bond motifs is 2. The topological polar surface area (TPSA) is 87.0 Å². The third-order valence-electron chi connectivity index (χ3n) is 3.97. The van der Waals surface area contributed by atoms with Crippen molar-refractivity contribution in [2.45, 2.75) is 0 Å². The van der Waals surface area contributed by atoms with Crippen LogP contribution in [0, 0.1) is 0 Å². The van der Waals surface area contributed by atoms with Gasteiger partial charge in [-0.05, 0) is 24.3 Å². The van der Waals surface area contributed by atoms with Crippen molar-refractivity contribution in [3.05, 3.63) is 59.2 Å². The van der Waals surface area contributed by atoms with Gasteiger partial charge < -0.3 is 10.2 Å². The Morgan fingerprint density at radius 2 is 1.96 bits per heavy atom. The van der Waals surface area contributed by atoms with Crippen LogP contribution in [-0.2, 0) is 0 Å². The normalized spacial score (nSPS) is 13.2. The number of aliphatic imine (C=N–C) groups is 1. The van der Waals surface area contributed by atoms with Crippen molar-refractivity contribution in [3.8, 4) is 5.06 Å². The lowest BCUT2D eigenvalue weighted by molar-refractivity contribution is 0.0904. The van der Waals surface area contributed by atoms with E-state index in [-0.39, 0.29) is 22.1 Å². The minimum Gasteiger partial charge on any atom is -0.499 e. The second kappa shape index (κ2) is 5.36. The molecule has 3 aromatic rings. The SMILES string of the molecule is O=C(CO)c1ccc2c(c1)C(=O)C(c1c(O)sc3ccccc13)=N2. The lowest BCUT2D eigenvalue weighted by atomic mass is 9.99. The van der Waals surface area contributed by atoms with Crippen LogP contribution in [-0.4, -0.2) is 34.1 Å². The third-order valence-corrected chi connectivity index (χ3v) is 4.94. The third kappa shape index (κ3) is 2.08. The molecule has 0 fully saturated rings. The molecule has 0 aliphatic carbocycles. The summed E-state index contributed by atoms with van der Waals surface area (Å²) in [5, 5.41) is 20.0. The maximum Gasteiger partial charge on any atom is 0.214 e. The average molecular weight is 337 g/mol. The summed E-state index contributed by atoms with van der Waals surface area (Å²) in [7, 11) is 0. The number of aliphatic hydroxyl groups excluding tert-OH is 1. The zero-order chi connectivity index (χ0) is 16.8. The van der Waals surface area contributed by atoms with E-state index in [2.05, 4.69) is 4.99 Å². The van der Waals surface area contributed by atoms with Gasteiger partial charge >= 0.3 is 0 Å². The van der Waals surface area contributed by atoms with E-state index in [0.29, 0.717) is 16.8 Å². The number of ketones is 2. The summed E-state index contributed by atoms with van der Waals surface area (Å²) >= 11 is 1.19. The van der Waals surface area contributed by atoms with Crippen LogP contribution in [0.15, 0.2) is 47.5 Å². The summed E-state index contributed by atoms with van der Waals surface area (Å²) in [5.41, 5.74) is 1.62. The Morgan fingerprint density at radius 1 is 1.17 bits per heavy atom. The van der Waals surface area contributed by atoms with Gasteiger partial charge in [0.25, 0.3) is 0 Å². The molecule has 2 heterocycles. The predicted molar refractivity (Wildman–Crippen MR) is 91.9 cm³/mol. The molecule has 1 aromatic heterocycles. The highest BCUT2D eigenvalue weighted by Crippen LogP contribution is 2.40. The first kappa shape index (κ1) is 14.7. The summed E-state index contributed by atoms with van der Waals surface area (Å²) < 4.78 is 0.868. The van der Waals surface area contributed by atoms with Gasteiger partial charge in [-0.1, -0.05) is 29.5 Å². The van der Waals surface area contributed by atoms with Crippen molar-refractivity contribution in [3.63, 3.8) is 0 Å². The smallest absolute Gasteiger partial charge is 0.214 e. The average Bonchev–Trinajstić information content (AvgIpc) is 3.10. The molecule has 0 unspecified atom stereocenters. The summed E-state index contributed by atoms with van der Waals surface area (Å²) in [5.74, 6) is -0.792. The van der Waals surface area contributed by atoms with Crippen LogP contribution < -0.4 is 0 Å². The number of aromatic hydroxyl groups is 1. The van der Waals surface area contributed by atoms with Crippen LogP contribution in [0.3, 0.4) is 0 Å². The number of hydrogen-bond donors (Lipinski definition) is 2. The lowest BCUT2D eigenvalue weighted by Gasteiger charge is -2.01. The number of aliphatic hydroxyl groups is 1. The van der Waals surface area contributed by atoms with Crippen LogP contribution in [0.2, 0.25) is 0 Å². The van der Waals surface area contributed by atoms with Crippen molar-refractivity contribution in [1.29, 1.82) is 0 Å². The summed E-state index contributed by atoms with van der Waals surface area (Å²) in [4.78, 5) is 28.7. The number of benzene rings is 2. The molecule has 24 heavy (non-hydrogen) atoms. The van der Waals surface area contributed by atoms with Gasteiger partial charge in [0.15, 0.2) is 10.8 Å². The fourth-order valence-electron chi connectivity index (χ4n) is 2.81. The molecule has 0 spiro atoms. The Kier molecular flexibility index (Phi) is 3.30. The fourth-order valence-corrected chi connectivity index (χ4v) is 3.75. The Bertz CT molecular complexity index is 1050. The molecule has 2 N–H and O–H groups in total. The van der Waals surface area contributed by atoms with E-state index < -0.39 is 12.4 Å². The van der Waals surface area contributed by atoms with E-state index in [4.69, 9.17) is 5.11 Å². The van der Waals surface area contributed by atoms with E-state index >= 15 is 0 Å². The second-order valence-corrected chi connectivity index (χ2v) is 6.41. The van der Waals surface area contributed by atoms with E-state index in [1.165, 1.54) is 23.5 Å². The van der Waals surface area contributed by atoms with Gasteiger partial charge in [0.05, 0.1) is 16.8 Å². The zero-order valence-electron chi connectivity index (χ0n) is 12.3. The zero-order valence-corrected chi connectivity index (χ0v) is 13.1. The molecule has 0 atom stereocenters. The molecule has 0 bridgehead atoms. The van der Waals surface area contributed by atoms with Crippen LogP contribution in [0.25, 0.3) is 10.1 Å². The molecule has 6 heteroatoms. The Hall–Kier alpha value is -2.83. The molecule has 0 amide bonds. The van der Waals surface area contributed by atoms with Gasteiger partial charge in [0.1, 0.15) is 12.3 Å². The predicted octanol–water partition coefficient (Wildman–Crippen LogP) is 3.10. The van der Waals surface area contributed by atoms with Crippen molar-refractivity contribution < 1.29 is 19.8 Å². The molecule has 1 aliphatic heterocycles. The highest BCUT2D eigenvalue weighted by molar-refractivity contribution is 7.21. The number of carbonyl (C=O) groups is 2. The van der Waals surface area contributed by atoms with Gasteiger partial charge in [0.2, 0.25) is 5.78 Å². The molecule has 5 nitrogen and oxygen atoms in total. The minimum absolute atomic E-state index is 0.0442. The van der Waals surface area contributed by atoms with Crippen LogP contribution in [0.5, 0.6) is 5.06 Å². The number of thiophene rings is 1. The number of carbonyl (C=O) groups excluding carboxylic acids is 2.